The number of hydrogen-bond donors (Lipinski definition) is 2. The van der Waals surface area contributed by atoms with E-state index >= 15 is 0 Å². The highest BCUT2D eigenvalue weighted by Gasteiger charge is 2.30. The van der Waals surface area contributed by atoms with Gasteiger partial charge in [0.05, 0.1) is 12.7 Å². The van der Waals surface area contributed by atoms with Gasteiger partial charge in [-0.25, -0.2) is 0 Å². The van der Waals surface area contributed by atoms with Gasteiger partial charge in [-0.3, -0.25) is 5.12 Å². The molecular formula is C13H19N5. The molecule has 5 nitrogen and oxygen atoms in total. The molecule has 3 rings (SSSR count). The van der Waals surface area contributed by atoms with Gasteiger partial charge in [0, 0.05) is 5.92 Å². The van der Waals surface area contributed by atoms with Crippen LogP contribution in [-0.2, 0) is 0 Å². The van der Waals surface area contributed by atoms with E-state index in [4.69, 9.17) is 0 Å². The molecule has 18 heavy (non-hydrogen) atoms. The molecule has 2 aliphatic rings. The second kappa shape index (κ2) is 4.96. The molecule has 0 bridgehead atoms. The van der Waals surface area contributed by atoms with Gasteiger partial charge in [-0.05, 0) is 38.1 Å². The molecule has 5 heteroatoms. The van der Waals surface area contributed by atoms with Crippen LogP contribution in [0, 0.1) is 5.92 Å². The third-order valence-corrected chi connectivity index (χ3v) is 3.57. The summed E-state index contributed by atoms with van der Waals surface area (Å²) in [5, 5.41) is 11.0. The molecule has 2 N–H and O–H groups in total. The first-order valence-electron chi connectivity index (χ1n) is 6.54. The fourth-order valence-electron chi connectivity index (χ4n) is 2.62. The van der Waals surface area contributed by atoms with E-state index in [1.54, 1.807) is 0 Å². The summed E-state index contributed by atoms with van der Waals surface area (Å²) in [5.74, 6) is 1.63. The van der Waals surface area contributed by atoms with Gasteiger partial charge in [-0.2, -0.15) is 5.01 Å². The van der Waals surface area contributed by atoms with Crippen molar-refractivity contribution in [3.8, 4) is 0 Å². The van der Waals surface area contributed by atoms with Crippen molar-refractivity contribution in [3.05, 3.63) is 35.9 Å². The van der Waals surface area contributed by atoms with Crippen molar-refractivity contribution in [2.45, 2.75) is 12.8 Å². The molecular weight excluding hydrogens is 226 g/mol. The quantitative estimate of drug-likeness (QED) is 0.799. The van der Waals surface area contributed by atoms with Crippen LogP contribution in [-0.4, -0.2) is 26.0 Å². The normalized spacial score (nSPS) is 24.8. The standard InChI is InChI=1S/C13H19N5/c1-17-16-15-13(11-7-9-14-10-8-11)18(17)12-5-3-2-4-6-12/h2-6,11,14,17H,7-10H2,1H3. The van der Waals surface area contributed by atoms with Gasteiger partial charge < -0.3 is 16.0 Å². The van der Waals surface area contributed by atoms with E-state index < -0.39 is 0 Å². The van der Waals surface area contributed by atoms with E-state index in [-0.39, 0.29) is 0 Å². The van der Waals surface area contributed by atoms with Crippen LogP contribution in [0.3, 0.4) is 0 Å². The first-order valence-corrected chi connectivity index (χ1v) is 6.54. The van der Waals surface area contributed by atoms with Gasteiger partial charge in [-0.1, -0.05) is 18.2 Å². The monoisotopic (exact) mass is 245 g/mol. The average molecular weight is 245 g/mol. The number of anilines is 1. The summed E-state index contributed by atoms with van der Waals surface area (Å²) in [6.45, 7) is 2.15. The van der Waals surface area contributed by atoms with Crippen molar-refractivity contribution < 1.29 is 5.12 Å². The molecule has 1 aromatic carbocycles. The lowest BCUT2D eigenvalue weighted by molar-refractivity contribution is -0.837. The van der Waals surface area contributed by atoms with E-state index in [9.17, 15) is 0 Å². The number of benzene rings is 1. The lowest BCUT2D eigenvalue weighted by Crippen LogP contribution is -3.11. The van der Waals surface area contributed by atoms with Gasteiger partial charge >= 0.3 is 0 Å². The molecule has 1 saturated heterocycles. The zero-order chi connectivity index (χ0) is 12.4. The maximum atomic E-state index is 4.40. The van der Waals surface area contributed by atoms with Crippen LogP contribution < -0.4 is 15.4 Å². The summed E-state index contributed by atoms with van der Waals surface area (Å²) in [5.41, 5.74) is 5.42. The molecule has 0 aliphatic carbocycles. The highest BCUT2D eigenvalue weighted by atomic mass is 15.9. The van der Waals surface area contributed by atoms with E-state index in [0.29, 0.717) is 5.92 Å². The topological polar surface area (TPSA) is 46.2 Å². The highest BCUT2D eigenvalue weighted by Crippen LogP contribution is 2.22. The second-order valence-corrected chi connectivity index (χ2v) is 4.80. The Morgan fingerprint density at radius 2 is 2.00 bits per heavy atom. The third-order valence-electron chi connectivity index (χ3n) is 3.57. The summed E-state index contributed by atoms with van der Waals surface area (Å²) in [6.07, 6.45) is 2.29. The predicted molar refractivity (Wildman–Crippen MR) is 72.2 cm³/mol. The summed E-state index contributed by atoms with van der Waals surface area (Å²) < 4.78 is 0. The fraction of sp³-hybridized carbons (Fsp3) is 0.462. The number of rotatable bonds is 2. The minimum atomic E-state index is 0.521. The summed E-state index contributed by atoms with van der Waals surface area (Å²) in [4.78, 5) is 0. The van der Waals surface area contributed by atoms with Gasteiger partial charge in [0.15, 0.2) is 0 Å². The molecule has 2 aliphatic heterocycles. The van der Waals surface area contributed by atoms with E-state index in [1.165, 1.54) is 0 Å². The fourth-order valence-corrected chi connectivity index (χ4v) is 2.62. The van der Waals surface area contributed by atoms with Crippen LogP contribution in [0.15, 0.2) is 35.4 Å². The number of nitrogens with one attached hydrogen (secondary N) is 2. The van der Waals surface area contributed by atoms with Gasteiger partial charge in [0.25, 0.3) is 0 Å². The summed E-state index contributed by atoms with van der Waals surface area (Å²) in [6, 6.07) is 10.4. The summed E-state index contributed by atoms with van der Waals surface area (Å²) >= 11 is 0. The van der Waals surface area contributed by atoms with Crippen molar-refractivity contribution in [2.24, 2.45) is 11.0 Å². The zero-order valence-electron chi connectivity index (χ0n) is 10.6. The first kappa shape index (κ1) is 11.5. The Balaban J connectivity index is 1.85. The number of amidine groups is 1. The molecule has 0 saturated carbocycles. The number of hydrogen-bond acceptors (Lipinski definition) is 3. The molecule has 2 heterocycles. The number of nitrogens with zero attached hydrogens (tertiary/aromatic N) is 3. The van der Waals surface area contributed by atoms with Crippen LogP contribution in [0.4, 0.5) is 5.69 Å². The third kappa shape index (κ3) is 2.07. The van der Waals surface area contributed by atoms with Crippen LogP contribution >= 0.6 is 0 Å². The minimum absolute atomic E-state index is 0.521. The molecule has 1 unspecified atom stereocenters. The Morgan fingerprint density at radius 1 is 1.28 bits per heavy atom. The van der Waals surface area contributed by atoms with Gasteiger partial charge in [-0.15, -0.1) is 0 Å². The van der Waals surface area contributed by atoms with Crippen LogP contribution in [0.25, 0.3) is 5.53 Å². The lowest BCUT2D eigenvalue weighted by Gasteiger charge is -2.32. The molecule has 1 fully saturated rings. The van der Waals surface area contributed by atoms with Crippen molar-refractivity contribution in [2.75, 3.05) is 25.1 Å². The lowest BCUT2D eigenvalue weighted by atomic mass is 9.96. The first-order chi connectivity index (χ1) is 8.86. The van der Waals surface area contributed by atoms with Crippen molar-refractivity contribution in [3.63, 3.8) is 0 Å². The Bertz CT molecular complexity index is 424. The largest absolute Gasteiger partial charge is 0.378 e. The van der Waals surface area contributed by atoms with Crippen molar-refractivity contribution >= 4 is 11.5 Å². The maximum absolute atomic E-state index is 4.40. The average Bonchev–Trinajstić information content (AvgIpc) is 2.83. The van der Waals surface area contributed by atoms with Crippen molar-refractivity contribution in [1.29, 1.82) is 0 Å². The minimum Gasteiger partial charge on any atom is -0.378 e. The number of para-hydroxylation sites is 1. The second-order valence-electron chi connectivity index (χ2n) is 4.80. The number of piperidine rings is 1. The molecule has 1 aromatic rings. The molecule has 0 radical (unpaired) electrons. The van der Waals surface area contributed by atoms with Crippen LogP contribution in [0.2, 0.25) is 0 Å². The maximum Gasteiger partial charge on any atom is 0.146 e. The summed E-state index contributed by atoms with van der Waals surface area (Å²) in [7, 11) is 2.02. The molecule has 0 amide bonds. The highest BCUT2D eigenvalue weighted by molar-refractivity contribution is 5.98. The van der Waals surface area contributed by atoms with Crippen LogP contribution in [0.5, 0.6) is 0 Å². The van der Waals surface area contributed by atoms with E-state index in [0.717, 1.165) is 42.6 Å². The molecule has 96 valence electrons. The zero-order valence-corrected chi connectivity index (χ0v) is 10.6. The van der Waals surface area contributed by atoms with Crippen molar-refractivity contribution in [1.82, 2.24) is 5.32 Å². The molecule has 0 aromatic heterocycles. The SMILES string of the molecule is C[NH+]1[N-]N=C(C2CCNCC2)N1c1ccccc1. The Kier molecular flexibility index (Phi) is 3.17. The predicted octanol–water partition coefficient (Wildman–Crippen LogP) is 0.538. The Hall–Kier alpha value is -1.59. The van der Waals surface area contributed by atoms with Gasteiger partial charge in [0.1, 0.15) is 5.84 Å². The molecule has 0 spiro atoms. The number of quaternary nitrogens is 1. The Morgan fingerprint density at radius 3 is 2.72 bits per heavy atom. The Labute approximate surface area is 107 Å². The molecule has 1 atom stereocenters. The van der Waals surface area contributed by atoms with E-state index in [1.807, 2.05) is 13.1 Å². The van der Waals surface area contributed by atoms with E-state index in [2.05, 4.69) is 45.2 Å². The van der Waals surface area contributed by atoms with Crippen LogP contribution in [0.1, 0.15) is 12.8 Å². The smallest absolute Gasteiger partial charge is 0.146 e. The van der Waals surface area contributed by atoms with Gasteiger partial charge in [0.2, 0.25) is 0 Å².